The summed E-state index contributed by atoms with van der Waals surface area (Å²) in [6.07, 6.45) is 1.08. The Morgan fingerprint density at radius 2 is 1.94 bits per heavy atom. The summed E-state index contributed by atoms with van der Waals surface area (Å²) in [4.78, 5) is 24.6. The van der Waals surface area contributed by atoms with Crippen LogP contribution in [-0.2, 0) is 0 Å². The van der Waals surface area contributed by atoms with Gasteiger partial charge in [0.2, 0.25) is 0 Å². The van der Waals surface area contributed by atoms with Crippen molar-refractivity contribution in [2.24, 2.45) is 0 Å². The summed E-state index contributed by atoms with van der Waals surface area (Å²) in [5, 5.41) is 27.6. The van der Waals surface area contributed by atoms with E-state index in [1.165, 1.54) is 5.01 Å². The molecule has 0 aliphatic heterocycles. The van der Waals surface area contributed by atoms with Gasteiger partial charge in [0.1, 0.15) is 11.6 Å². The molecule has 0 saturated carbocycles. The van der Waals surface area contributed by atoms with E-state index in [2.05, 4.69) is 0 Å². The molecule has 0 atom stereocenters. The summed E-state index contributed by atoms with van der Waals surface area (Å²) in [7, 11) is 0. The summed E-state index contributed by atoms with van der Waals surface area (Å²) >= 11 is 0. The third-order valence-corrected chi connectivity index (χ3v) is 2.07. The van der Waals surface area contributed by atoms with Crippen molar-refractivity contribution >= 4 is 0 Å². The average molecular weight is 240 g/mol. The molecule has 0 bridgehead atoms. The first-order chi connectivity index (χ1) is 8.13. The zero-order valence-electron chi connectivity index (χ0n) is 8.96. The van der Waals surface area contributed by atoms with E-state index < -0.39 is 11.2 Å². The second-order valence-electron chi connectivity index (χ2n) is 3.16. The van der Waals surface area contributed by atoms with Crippen molar-refractivity contribution in [3.8, 4) is 6.07 Å². The van der Waals surface area contributed by atoms with Crippen molar-refractivity contribution in [3.05, 3.63) is 32.6 Å². The van der Waals surface area contributed by atoms with Crippen molar-refractivity contribution in [1.82, 2.24) is 9.66 Å². The molecule has 8 nitrogen and oxygen atoms in total. The van der Waals surface area contributed by atoms with E-state index in [0.29, 0.717) is 0 Å². The van der Waals surface area contributed by atoms with Crippen LogP contribution < -0.4 is 16.3 Å². The Labute approximate surface area is 95.9 Å². The highest BCUT2D eigenvalue weighted by molar-refractivity contribution is 5.22. The fourth-order valence-electron chi connectivity index (χ4n) is 1.31. The SMILES string of the molecule is N#Cc1cn(N(CCO)CCO)c(=O)[nH]c1=O. The minimum Gasteiger partial charge on any atom is -0.394 e. The summed E-state index contributed by atoms with van der Waals surface area (Å²) in [5.41, 5.74) is -1.71. The number of nitrogens with zero attached hydrogens (tertiary/aromatic N) is 3. The number of nitriles is 1. The van der Waals surface area contributed by atoms with Gasteiger partial charge in [0, 0.05) is 0 Å². The average Bonchev–Trinajstić information content (AvgIpc) is 2.29. The van der Waals surface area contributed by atoms with Gasteiger partial charge in [-0.25, -0.2) is 9.47 Å². The monoisotopic (exact) mass is 240 g/mol. The van der Waals surface area contributed by atoms with Gasteiger partial charge < -0.3 is 15.2 Å². The fourth-order valence-corrected chi connectivity index (χ4v) is 1.31. The Balaban J connectivity index is 3.23. The van der Waals surface area contributed by atoms with Gasteiger partial charge in [0.05, 0.1) is 32.5 Å². The highest BCUT2D eigenvalue weighted by Crippen LogP contribution is 1.88. The van der Waals surface area contributed by atoms with Gasteiger partial charge in [-0.1, -0.05) is 0 Å². The van der Waals surface area contributed by atoms with Gasteiger partial charge in [0.15, 0.2) is 0 Å². The third kappa shape index (κ3) is 2.93. The van der Waals surface area contributed by atoms with E-state index in [9.17, 15) is 9.59 Å². The number of aromatic amines is 1. The largest absolute Gasteiger partial charge is 0.394 e. The lowest BCUT2D eigenvalue weighted by Gasteiger charge is -2.24. The molecule has 1 rings (SSSR count). The van der Waals surface area contributed by atoms with Crippen LogP contribution in [0.2, 0.25) is 0 Å². The quantitative estimate of drug-likeness (QED) is 0.516. The van der Waals surface area contributed by atoms with Crippen LogP contribution in [0.5, 0.6) is 0 Å². The summed E-state index contributed by atoms with van der Waals surface area (Å²) < 4.78 is 0.992. The van der Waals surface area contributed by atoms with Crippen LogP contribution in [0.25, 0.3) is 0 Å². The topological polar surface area (TPSA) is 122 Å². The van der Waals surface area contributed by atoms with Gasteiger partial charge in [-0.3, -0.25) is 9.78 Å². The number of nitrogens with one attached hydrogen (secondary N) is 1. The molecular formula is C9H12N4O4. The predicted molar refractivity (Wildman–Crippen MR) is 58.2 cm³/mol. The smallest absolute Gasteiger partial charge is 0.347 e. The number of H-pyrrole nitrogens is 1. The normalized spacial score (nSPS) is 9.94. The number of hydrogen-bond donors (Lipinski definition) is 3. The number of hydrogen-bond acceptors (Lipinski definition) is 6. The lowest BCUT2D eigenvalue weighted by molar-refractivity contribution is 0.263. The van der Waals surface area contributed by atoms with Crippen LogP contribution in [0.4, 0.5) is 0 Å². The molecule has 0 aromatic carbocycles. The molecule has 0 amide bonds. The molecule has 1 aromatic rings. The first kappa shape index (κ1) is 13.0. The third-order valence-electron chi connectivity index (χ3n) is 2.07. The molecule has 0 unspecified atom stereocenters. The van der Waals surface area contributed by atoms with Crippen molar-refractivity contribution in [2.75, 3.05) is 31.3 Å². The molecule has 8 heteroatoms. The van der Waals surface area contributed by atoms with Crippen molar-refractivity contribution in [1.29, 1.82) is 5.26 Å². The standard InChI is InChI=1S/C9H12N4O4/c10-5-7-6-13(9(17)11-8(7)16)12(1-3-14)2-4-15/h6,14-15H,1-4H2,(H,11,16,17). The molecule has 1 heterocycles. The predicted octanol–water partition coefficient (Wildman–Crippen LogP) is -2.67. The van der Waals surface area contributed by atoms with E-state index in [0.717, 1.165) is 10.9 Å². The minimum atomic E-state index is -0.762. The molecule has 0 aliphatic rings. The molecule has 0 radical (unpaired) electrons. The Hall–Kier alpha value is -2.11. The second kappa shape index (κ2) is 5.83. The number of rotatable bonds is 5. The van der Waals surface area contributed by atoms with Crippen LogP contribution >= 0.6 is 0 Å². The highest BCUT2D eigenvalue weighted by atomic mass is 16.3. The van der Waals surface area contributed by atoms with Gasteiger partial charge in [-0.05, 0) is 0 Å². The van der Waals surface area contributed by atoms with Crippen molar-refractivity contribution in [2.45, 2.75) is 0 Å². The van der Waals surface area contributed by atoms with Crippen LogP contribution in [0.15, 0.2) is 15.8 Å². The molecule has 0 aliphatic carbocycles. The van der Waals surface area contributed by atoms with E-state index in [-0.39, 0.29) is 31.9 Å². The molecule has 0 fully saturated rings. The maximum atomic E-state index is 11.5. The molecule has 1 aromatic heterocycles. The van der Waals surface area contributed by atoms with Crippen LogP contribution in [0.1, 0.15) is 5.56 Å². The Morgan fingerprint density at radius 1 is 1.35 bits per heavy atom. The molecule has 3 N–H and O–H groups in total. The number of aliphatic hydroxyl groups is 2. The first-order valence-corrected chi connectivity index (χ1v) is 4.87. The van der Waals surface area contributed by atoms with Gasteiger partial charge in [0.25, 0.3) is 5.56 Å². The summed E-state index contributed by atoms with van der Waals surface area (Å²) in [5.74, 6) is 0. The molecule has 0 spiro atoms. The molecule has 0 saturated heterocycles. The Morgan fingerprint density at radius 3 is 2.41 bits per heavy atom. The Kier molecular flexibility index (Phi) is 4.45. The van der Waals surface area contributed by atoms with E-state index in [1.54, 1.807) is 6.07 Å². The van der Waals surface area contributed by atoms with E-state index >= 15 is 0 Å². The highest BCUT2D eigenvalue weighted by Gasteiger charge is 2.09. The van der Waals surface area contributed by atoms with Crippen LogP contribution in [0, 0.1) is 11.3 Å². The van der Waals surface area contributed by atoms with Crippen molar-refractivity contribution < 1.29 is 10.2 Å². The maximum absolute atomic E-state index is 11.5. The lowest BCUT2D eigenvalue weighted by Crippen LogP contribution is -2.48. The number of aliphatic hydroxyl groups excluding tert-OH is 2. The van der Waals surface area contributed by atoms with Gasteiger partial charge in [-0.15, -0.1) is 0 Å². The zero-order valence-corrected chi connectivity index (χ0v) is 8.96. The molecule has 17 heavy (non-hydrogen) atoms. The molecular weight excluding hydrogens is 228 g/mol. The fraction of sp³-hybridized carbons (Fsp3) is 0.444. The van der Waals surface area contributed by atoms with Gasteiger partial charge in [-0.2, -0.15) is 5.26 Å². The summed E-state index contributed by atoms with van der Waals surface area (Å²) in [6, 6.07) is 1.65. The number of aromatic nitrogens is 2. The first-order valence-electron chi connectivity index (χ1n) is 4.87. The Bertz CT molecular complexity index is 521. The van der Waals surface area contributed by atoms with Crippen molar-refractivity contribution in [3.63, 3.8) is 0 Å². The minimum absolute atomic E-state index is 0.0946. The van der Waals surface area contributed by atoms with Crippen LogP contribution in [0.3, 0.4) is 0 Å². The van der Waals surface area contributed by atoms with E-state index in [1.807, 2.05) is 4.98 Å². The molecule has 92 valence electrons. The summed E-state index contributed by atoms with van der Waals surface area (Å²) in [6.45, 7) is -0.268. The lowest BCUT2D eigenvalue weighted by atomic mass is 10.4. The van der Waals surface area contributed by atoms with Crippen LogP contribution in [-0.4, -0.2) is 46.2 Å². The van der Waals surface area contributed by atoms with Gasteiger partial charge >= 0.3 is 5.69 Å². The van der Waals surface area contributed by atoms with E-state index in [4.69, 9.17) is 15.5 Å². The second-order valence-corrected chi connectivity index (χ2v) is 3.16. The maximum Gasteiger partial charge on any atom is 0.347 e. The zero-order chi connectivity index (χ0) is 12.8.